The zero-order chi connectivity index (χ0) is 20.9. The molecule has 30 heavy (non-hydrogen) atoms. The molecule has 0 saturated carbocycles. The molecule has 4 rings (SSSR count). The van der Waals surface area contributed by atoms with Gasteiger partial charge < -0.3 is 18.9 Å². The Labute approximate surface area is 174 Å². The molecular weight excluding hydrogens is 386 g/mol. The predicted molar refractivity (Wildman–Crippen MR) is 107 cm³/mol. The minimum absolute atomic E-state index is 0.0241. The van der Waals surface area contributed by atoms with Gasteiger partial charge in [-0.05, 0) is 19.1 Å². The largest absolute Gasteiger partial charge is 0.497 e. The number of benzene rings is 1. The molecule has 1 amide bonds. The Kier molecular flexibility index (Phi) is 5.99. The van der Waals surface area contributed by atoms with Gasteiger partial charge in [0.15, 0.2) is 5.82 Å². The summed E-state index contributed by atoms with van der Waals surface area (Å²) in [7, 11) is 1.63. The Bertz CT molecular complexity index is 1020. The van der Waals surface area contributed by atoms with E-state index in [1.165, 1.54) is 0 Å². The molecule has 1 aliphatic heterocycles. The van der Waals surface area contributed by atoms with Gasteiger partial charge in [0.2, 0.25) is 11.8 Å². The number of amides is 1. The van der Waals surface area contributed by atoms with Crippen molar-refractivity contribution in [3.63, 3.8) is 0 Å². The molecule has 0 spiro atoms. The summed E-state index contributed by atoms with van der Waals surface area (Å²) in [4.78, 5) is 27.6. The molecule has 9 heteroatoms. The Morgan fingerprint density at radius 2 is 2.20 bits per heavy atom. The Hall–Kier alpha value is -3.33. The van der Waals surface area contributed by atoms with Crippen LogP contribution in [0.25, 0.3) is 11.3 Å². The molecule has 1 aromatic carbocycles. The zero-order valence-electron chi connectivity index (χ0n) is 16.9. The van der Waals surface area contributed by atoms with Gasteiger partial charge in [-0.2, -0.15) is 4.98 Å². The van der Waals surface area contributed by atoms with E-state index in [2.05, 4.69) is 15.1 Å². The van der Waals surface area contributed by atoms with Crippen molar-refractivity contribution in [1.29, 1.82) is 0 Å². The highest BCUT2D eigenvalue weighted by molar-refractivity contribution is 5.76. The molecule has 3 heterocycles. The maximum atomic E-state index is 12.6. The van der Waals surface area contributed by atoms with Crippen LogP contribution in [0.1, 0.15) is 29.9 Å². The number of hydrogen-bond donors (Lipinski definition) is 0. The van der Waals surface area contributed by atoms with E-state index in [-0.39, 0.29) is 12.0 Å². The fourth-order valence-corrected chi connectivity index (χ4v) is 3.33. The summed E-state index contributed by atoms with van der Waals surface area (Å²) in [6, 6.07) is 7.65. The lowest BCUT2D eigenvalue weighted by molar-refractivity contribution is -0.139. The number of ether oxygens (including phenoxy) is 2. The van der Waals surface area contributed by atoms with E-state index in [1.54, 1.807) is 31.3 Å². The monoisotopic (exact) mass is 409 g/mol. The molecule has 0 aliphatic carbocycles. The normalized spacial score (nSPS) is 16.5. The first-order valence-electron chi connectivity index (χ1n) is 9.77. The van der Waals surface area contributed by atoms with E-state index in [1.807, 2.05) is 24.3 Å². The minimum atomic E-state index is -0.327. The third-order valence-corrected chi connectivity index (χ3v) is 4.89. The Morgan fingerprint density at radius 3 is 3.00 bits per heavy atom. The minimum Gasteiger partial charge on any atom is -0.497 e. The molecule has 3 aromatic rings. The summed E-state index contributed by atoms with van der Waals surface area (Å²) < 4.78 is 16.3. The van der Waals surface area contributed by atoms with Crippen LogP contribution in [0, 0.1) is 6.92 Å². The SMILES string of the molecule is COc1cccc(-c2cncc([C@@H]3CN(C(=O)CCc4nc(C)no4)CCO3)n2)c1. The number of aromatic nitrogens is 4. The maximum absolute atomic E-state index is 12.6. The summed E-state index contributed by atoms with van der Waals surface area (Å²) >= 11 is 0. The molecule has 9 nitrogen and oxygen atoms in total. The third-order valence-electron chi connectivity index (χ3n) is 4.89. The highest BCUT2D eigenvalue weighted by Crippen LogP contribution is 2.25. The van der Waals surface area contributed by atoms with Gasteiger partial charge in [0, 0.05) is 24.9 Å². The number of morpholine rings is 1. The topological polar surface area (TPSA) is 103 Å². The summed E-state index contributed by atoms with van der Waals surface area (Å²) in [5.74, 6) is 1.82. The molecule has 1 fully saturated rings. The van der Waals surface area contributed by atoms with Crippen LogP contribution >= 0.6 is 0 Å². The summed E-state index contributed by atoms with van der Waals surface area (Å²) in [5.41, 5.74) is 2.33. The average Bonchev–Trinajstić information content (AvgIpc) is 3.22. The summed E-state index contributed by atoms with van der Waals surface area (Å²) in [5, 5.41) is 3.75. The zero-order valence-corrected chi connectivity index (χ0v) is 16.9. The molecule has 1 aliphatic rings. The number of rotatable bonds is 6. The lowest BCUT2D eigenvalue weighted by Gasteiger charge is -2.32. The van der Waals surface area contributed by atoms with Crippen LogP contribution in [-0.2, 0) is 16.0 Å². The lowest BCUT2D eigenvalue weighted by atomic mass is 10.1. The van der Waals surface area contributed by atoms with Crippen LogP contribution < -0.4 is 4.74 Å². The van der Waals surface area contributed by atoms with Crippen LogP contribution in [0.15, 0.2) is 41.2 Å². The maximum Gasteiger partial charge on any atom is 0.227 e. The molecule has 1 atom stereocenters. The predicted octanol–water partition coefficient (Wildman–Crippen LogP) is 2.38. The van der Waals surface area contributed by atoms with Crippen LogP contribution in [0.3, 0.4) is 0 Å². The quantitative estimate of drug-likeness (QED) is 0.611. The fraction of sp³-hybridized carbons (Fsp3) is 0.381. The van der Waals surface area contributed by atoms with Gasteiger partial charge in [-0.1, -0.05) is 17.3 Å². The van der Waals surface area contributed by atoms with Crippen molar-refractivity contribution < 1.29 is 18.8 Å². The Morgan fingerprint density at radius 1 is 1.30 bits per heavy atom. The van der Waals surface area contributed by atoms with Gasteiger partial charge in [-0.15, -0.1) is 0 Å². The molecule has 0 radical (unpaired) electrons. The van der Waals surface area contributed by atoms with Crippen molar-refractivity contribution >= 4 is 5.91 Å². The standard InChI is InChI=1S/C21H23N5O4/c1-14-23-20(30-25-14)6-7-21(27)26-8-9-29-19(13-26)18-12-22-11-17(24-18)15-4-3-5-16(10-15)28-2/h3-5,10-12,19H,6-9,13H2,1-2H3/t19-/m0/s1. The highest BCUT2D eigenvalue weighted by atomic mass is 16.5. The van der Waals surface area contributed by atoms with Crippen LogP contribution in [0.2, 0.25) is 0 Å². The van der Waals surface area contributed by atoms with Crippen molar-refractivity contribution in [1.82, 2.24) is 25.0 Å². The lowest BCUT2D eigenvalue weighted by Crippen LogP contribution is -2.42. The summed E-state index contributed by atoms with van der Waals surface area (Å²) in [6.07, 6.45) is 3.79. The van der Waals surface area contributed by atoms with Crippen molar-refractivity contribution in [2.45, 2.75) is 25.9 Å². The fourth-order valence-electron chi connectivity index (χ4n) is 3.33. The van der Waals surface area contributed by atoms with Crippen molar-refractivity contribution in [3.8, 4) is 17.0 Å². The van der Waals surface area contributed by atoms with Crippen LogP contribution in [0.5, 0.6) is 5.75 Å². The number of aryl methyl sites for hydroxylation is 2. The third kappa shape index (κ3) is 4.62. The van der Waals surface area contributed by atoms with Crippen molar-refractivity contribution in [2.24, 2.45) is 0 Å². The first-order valence-corrected chi connectivity index (χ1v) is 9.77. The molecule has 0 unspecified atom stereocenters. The first-order chi connectivity index (χ1) is 14.6. The second kappa shape index (κ2) is 9.00. The smallest absolute Gasteiger partial charge is 0.227 e. The number of carbonyl (C=O) groups is 1. The Balaban J connectivity index is 1.43. The second-order valence-corrected chi connectivity index (χ2v) is 7.00. The second-order valence-electron chi connectivity index (χ2n) is 7.00. The van der Waals surface area contributed by atoms with Gasteiger partial charge in [-0.3, -0.25) is 9.78 Å². The van der Waals surface area contributed by atoms with Crippen LogP contribution in [0.4, 0.5) is 0 Å². The van der Waals surface area contributed by atoms with Gasteiger partial charge in [0.1, 0.15) is 11.9 Å². The number of nitrogens with zero attached hydrogens (tertiary/aromatic N) is 5. The molecule has 1 saturated heterocycles. The van der Waals surface area contributed by atoms with E-state index < -0.39 is 0 Å². The van der Waals surface area contributed by atoms with Gasteiger partial charge >= 0.3 is 0 Å². The van der Waals surface area contributed by atoms with Crippen LogP contribution in [-0.4, -0.2) is 57.7 Å². The average molecular weight is 409 g/mol. The van der Waals surface area contributed by atoms with Gasteiger partial charge in [-0.25, -0.2) is 4.98 Å². The molecule has 156 valence electrons. The van der Waals surface area contributed by atoms with E-state index in [4.69, 9.17) is 19.0 Å². The van der Waals surface area contributed by atoms with E-state index in [0.717, 1.165) is 17.0 Å². The van der Waals surface area contributed by atoms with Gasteiger partial charge in [0.25, 0.3) is 0 Å². The molecule has 0 bridgehead atoms. The molecular formula is C21H23N5O4. The number of carbonyl (C=O) groups excluding carboxylic acids is 1. The van der Waals surface area contributed by atoms with E-state index >= 15 is 0 Å². The molecule has 2 aromatic heterocycles. The van der Waals surface area contributed by atoms with Gasteiger partial charge in [0.05, 0.1) is 44.0 Å². The first kappa shape index (κ1) is 20.0. The number of hydrogen-bond acceptors (Lipinski definition) is 8. The van der Waals surface area contributed by atoms with Crippen molar-refractivity contribution in [2.75, 3.05) is 26.8 Å². The van der Waals surface area contributed by atoms with E-state index in [0.29, 0.717) is 49.9 Å². The summed E-state index contributed by atoms with van der Waals surface area (Å²) in [6.45, 7) is 3.17. The molecule has 0 N–H and O–H groups in total. The van der Waals surface area contributed by atoms with Crippen molar-refractivity contribution in [3.05, 3.63) is 54.1 Å². The van der Waals surface area contributed by atoms with E-state index in [9.17, 15) is 4.79 Å². The number of methoxy groups -OCH3 is 1. The highest BCUT2D eigenvalue weighted by Gasteiger charge is 2.27.